The van der Waals surface area contributed by atoms with Gasteiger partial charge in [-0.1, -0.05) is 15.9 Å². The molecule has 0 saturated heterocycles. The molecule has 0 unspecified atom stereocenters. The zero-order chi connectivity index (χ0) is 14.0. The van der Waals surface area contributed by atoms with Gasteiger partial charge in [-0.2, -0.15) is 13.2 Å². The van der Waals surface area contributed by atoms with E-state index >= 15 is 0 Å². The third kappa shape index (κ3) is 3.19. The van der Waals surface area contributed by atoms with Crippen LogP contribution >= 0.6 is 15.9 Å². The van der Waals surface area contributed by atoms with Gasteiger partial charge in [-0.3, -0.25) is 0 Å². The molecule has 2 N–H and O–H groups in total. The standard InChI is InChI=1S/C13H11BrF3NO/c14-8-1-3-10(11(7-8)13(15,16)17)12-4-2-9(19-12)5-6-18/h1-4,7H,5-6,18H2. The number of rotatable bonds is 3. The maximum absolute atomic E-state index is 13.0. The normalized spacial score (nSPS) is 11.8. The van der Waals surface area contributed by atoms with Crippen LogP contribution in [0.15, 0.2) is 39.2 Å². The van der Waals surface area contributed by atoms with Crippen molar-refractivity contribution in [3.63, 3.8) is 0 Å². The Bertz CT molecular complexity index is 578. The van der Waals surface area contributed by atoms with Gasteiger partial charge < -0.3 is 10.2 Å². The van der Waals surface area contributed by atoms with Gasteiger partial charge >= 0.3 is 6.18 Å². The summed E-state index contributed by atoms with van der Waals surface area (Å²) < 4.78 is 44.7. The van der Waals surface area contributed by atoms with Crippen LogP contribution in [0.4, 0.5) is 13.2 Å². The van der Waals surface area contributed by atoms with Crippen LogP contribution in [0.5, 0.6) is 0 Å². The molecule has 0 aliphatic heterocycles. The molecule has 1 aromatic heterocycles. The average Bonchev–Trinajstić information content (AvgIpc) is 2.77. The highest BCUT2D eigenvalue weighted by Gasteiger charge is 2.34. The zero-order valence-corrected chi connectivity index (χ0v) is 11.4. The van der Waals surface area contributed by atoms with E-state index in [9.17, 15) is 13.2 Å². The topological polar surface area (TPSA) is 39.2 Å². The number of halogens is 4. The maximum atomic E-state index is 13.0. The SMILES string of the molecule is NCCc1ccc(-c2ccc(Br)cc2C(F)(F)F)o1. The highest BCUT2D eigenvalue weighted by Crippen LogP contribution is 2.39. The summed E-state index contributed by atoms with van der Waals surface area (Å²) in [5.41, 5.74) is 4.68. The fourth-order valence-corrected chi connectivity index (χ4v) is 2.13. The second-order valence-electron chi connectivity index (χ2n) is 3.99. The second kappa shape index (κ2) is 5.38. The van der Waals surface area contributed by atoms with Crippen molar-refractivity contribution in [2.24, 2.45) is 5.73 Å². The van der Waals surface area contributed by atoms with Gasteiger partial charge in [-0.15, -0.1) is 0 Å². The van der Waals surface area contributed by atoms with E-state index in [0.29, 0.717) is 23.2 Å². The highest BCUT2D eigenvalue weighted by atomic mass is 79.9. The molecule has 0 bridgehead atoms. The second-order valence-corrected chi connectivity index (χ2v) is 4.91. The molecule has 0 amide bonds. The van der Waals surface area contributed by atoms with Crippen molar-refractivity contribution in [3.8, 4) is 11.3 Å². The number of hydrogen-bond acceptors (Lipinski definition) is 2. The van der Waals surface area contributed by atoms with Gasteiger partial charge in [0.25, 0.3) is 0 Å². The molecule has 2 nitrogen and oxygen atoms in total. The molecule has 0 fully saturated rings. The predicted octanol–water partition coefficient (Wildman–Crippen LogP) is 4.23. The number of alkyl halides is 3. The van der Waals surface area contributed by atoms with E-state index in [4.69, 9.17) is 10.2 Å². The zero-order valence-electron chi connectivity index (χ0n) is 9.80. The lowest BCUT2D eigenvalue weighted by Crippen LogP contribution is -2.07. The third-order valence-electron chi connectivity index (χ3n) is 2.60. The van der Waals surface area contributed by atoms with Crippen LogP contribution in [0, 0.1) is 0 Å². The lowest BCUT2D eigenvalue weighted by atomic mass is 10.1. The smallest absolute Gasteiger partial charge is 0.417 e. The van der Waals surface area contributed by atoms with E-state index in [2.05, 4.69) is 15.9 Å². The Morgan fingerprint density at radius 1 is 1.16 bits per heavy atom. The molecule has 2 rings (SSSR count). The minimum absolute atomic E-state index is 0.0268. The number of hydrogen-bond donors (Lipinski definition) is 1. The fourth-order valence-electron chi connectivity index (χ4n) is 1.77. The predicted molar refractivity (Wildman–Crippen MR) is 69.6 cm³/mol. The first-order valence-electron chi connectivity index (χ1n) is 5.57. The Hall–Kier alpha value is -1.27. The molecule has 2 aromatic rings. The van der Waals surface area contributed by atoms with E-state index in [1.807, 2.05) is 0 Å². The molecule has 102 valence electrons. The first-order valence-corrected chi connectivity index (χ1v) is 6.37. The number of furan rings is 1. The quantitative estimate of drug-likeness (QED) is 0.912. The van der Waals surface area contributed by atoms with Crippen LogP contribution in [0.25, 0.3) is 11.3 Å². The minimum atomic E-state index is -4.43. The van der Waals surface area contributed by atoms with Crippen LogP contribution < -0.4 is 5.73 Å². The van der Waals surface area contributed by atoms with Crippen LogP contribution in [-0.4, -0.2) is 6.54 Å². The van der Waals surface area contributed by atoms with Gasteiger partial charge in [0.2, 0.25) is 0 Å². The van der Waals surface area contributed by atoms with E-state index in [1.165, 1.54) is 12.1 Å². The summed E-state index contributed by atoms with van der Waals surface area (Å²) in [7, 11) is 0. The number of benzene rings is 1. The Labute approximate surface area is 116 Å². The molecule has 0 aliphatic carbocycles. The van der Waals surface area contributed by atoms with E-state index in [1.54, 1.807) is 12.1 Å². The molecule has 0 radical (unpaired) electrons. The Kier molecular flexibility index (Phi) is 4.01. The maximum Gasteiger partial charge on any atom is 0.417 e. The van der Waals surface area contributed by atoms with Crippen molar-refractivity contribution in [2.75, 3.05) is 6.54 Å². The minimum Gasteiger partial charge on any atom is -0.461 e. The van der Waals surface area contributed by atoms with E-state index < -0.39 is 11.7 Å². The lowest BCUT2D eigenvalue weighted by molar-refractivity contribution is -0.137. The Morgan fingerprint density at radius 3 is 2.53 bits per heavy atom. The van der Waals surface area contributed by atoms with Crippen molar-refractivity contribution in [1.82, 2.24) is 0 Å². The fraction of sp³-hybridized carbons (Fsp3) is 0.231. The third-order valence-corrected chi connectivity index (χ3v) is 3.10. The summed E-state index contributed by atoms with van der Waals surface area (Å²) in [6.07, 6.45) is -3.93. The van der Waals surface area contributed by atoms with Crippen LogP contribution in [0.1, 0.15) is 11.3 Å². The van der Waals surface area contributed by atoms with Gasteiger partial charge in [0.1, 0.15) is 11.5 Å². The molecule has 1 aromatic carbocycles. The van der Waals surface area contributed by atoms with E-state index in [-0.39, 0.29) is 11.3 Å². The highest BCUT2D eigenvalue weighted by molar-refractivity contribution is 9.10. The van der Waals surface area contributed by atoms with Gasteiger partial charge in [-0.05, 0) is 36.9 Å². The van der Waals surface area contributed by atoms with Crippen molar-refractivity contribution in [1.29, 1.82) is 0 Å². The van der Waals surface area contributed by atoms with Gasteiger partial charge in [-0.25, -0.2) is 0 Å². The summed E-state index contributed by atoms with van der Waals surface area (Å²) in [6.45, 7) is 0.388. The first-order chi connectivity index (χ1) is 8.91. The molecular weight excluding hydrogens is 323 g/mol. The lowest BCUT2D eigenvalue weighted by Gasteiger charge is -2.11. The molecule has 1 heterocycles. The van der Waals surface area contributed by atoms with Crippen molar-refractivity contribution in [3.05, 3.63) is 46.1 Å². The van der Waals surface area contributed by atoms with E-state index in [0.717, 1.165) is 6.07 Å². The van der Waals surface area contributed by atoms with Crippen LogP contribution in [-0.2, 0) is 12.6 Å². The first kappa shape index (κ1) is 14.1. The molecule has 6 heteroatoms. The molecule has 0 atom stereocenters. The molecular formula is C13H11BrF3NO. The van der Waals surface area contributed by atoms with Crippen LogP contribution in [0.3, 0.4) is 0 Å². The average molecular weight is 334 g/mol. The Morgan fingerprint density at radius 2 is 1.89 bits per heavy atom. The van der Waals surface area contributed by atoms with Gasteiger partial charge in [0.15, 0.2) is 0 Å². The molecule has 0 spiro atoms. The van der Waals surface area contributed by atoms with Gasteiger partial charge in [0.05, 0.1) is 5.56 Å². The van der Waals surface area contributed by atoms with Crippen molar-refractivity contribution in [2.45, 2.75) is 12.6 Å². The summed E-state index contributed by atoms with van der Waals surface area (Å²) in [4.78, 5) is 0. The molecule has 0 saturated carbocycles. The van der Waals surface area contributed by atoms with Crippen LogP contribution in [0.2, 0.25) is 0 Å². The summed E-state index contributed by atoms with van der Waals surface area (Å²) in [6, 6.07) is 7.15. The van der Waals surface area contributed by atoms with Crippen molar-refractivity contribution < 1.29 is 17.6 Å². The summed E-state index contributed by atoms with van der Waals surface area (Å²) in [5.74, 6) is 0.775. The summed E-state index contributed by atoms with van der Waals surface area (Å²) in [5, 5.41) is 0. The summed E-state index contributed by atoms with van der Waals surface area (Å²) >= 11 is 3.04. The molecule has 19 heavy (non-hydrogen) atoms. The number of nitrogens with two attached hydrogens (primary N) is 1. The van der Waals surface area contributed by atoms with Gasteiger partial charge in [0, 0.05) is 16.5 Å². The largest absolute Gasteiger partial charge is 0.461 e. The Balaban J connectivity index is 2.48. The monoisotopic (exact) mass is 333 g/mol. The molecule has 0 aliphatic rings. The van der Waals surface area contributed by atoms with Crippen molar-refractivity contribution >= 4 is 15.9 Å².